The molecule has 5 rings (SSSR count). The maximum absolute atomic E-state index is 13.1. The van der Waals surface area contributed by atoms with E-state index < -0.39 is 35.6 Å². The summed E-state index contributed by atoms with van der Waals surface area (Å²) in [6, 6.07) is 15.3. The summed E-state index contributed by atoms with van der Waals surface area (Å²) in [4.78, 5) is 95.1. The van der Waals surface area contributed by atoms with E-state index in [2.05, 4.69) is 26.7 Å². The fraction of sp³-hybridized carbons (Fsp3) is 0.364. The topological polar surface area (TPSA) is 196 Å². The summed E-state index contributed by atoms with van der Waals surface area (Å²) < 4.78 is 0. The molecule has 3 aliphatic rings. The van der Waals surface area contributed by atoms with Gasteiger partial charge in [0.2, 0.25) is 5.91 Å². The summed E-state index contributed by atoms with van der Waals surface area (Å²) in [6.07, 6.45) is 1.74. The van der Waals surface area contributed by atoms with Crippen LogP contribution in [0, 0.1) is 11.8 Å². The highest BCUT2D eigenvalue weighted by molar-refractivity contribution is 6.02. The summed E-state index contributed by atoms with van der Waals surface area (Å²) >= 11 is 0. The van der Waals surface area contributed by atoms with Crippen molar-refractivity contribution in [3.63, 3.8) is 0 Å². The van der Waals surface area contributed by atoms with Crippen LogP contribution in [-0.2, 0) is 49.8 Å². The van der Waals surface area contributed by atoms with Gasteiger partial charge in [0.15, 0.2) is 0 Å². The zero-order valence-corrected chi connectivity index (χ0v) is 26.0. The molecule has 0 saturated carbocycles. The van der Waals surface area contributed by atoms with Gasteiger partial charge >= 0.3 is 11.9 Å². The minimum absolute atomic E-state index is 0.00389. The highest BCUT2D eigenvalue weighted by atomic mass is 16.7. The number of benzene rings is 2. The Labute approximate surface area is 275 Å². The number of carbonyl (C=O) groups is 7. The standard InChI is InChI=1S/C25H22N2O5.C8H10N4O4/c28-22(11-5-6-12-25(31)32-27-23(29)15-16-24(27)30)26-17-20-9-2-1-7-18(20)13-14-19-8-3-4-10-21(19)26;9-11-10-5-1-2-8(15)16-12-6(13)3-4-7(12)14/h1-4,7-10H,5-6,11-12,15-17H2;1-5H2. The van der Waals surface area contributed by atoms with E-state index in [9.17, 15) is 33.6 Å². The Morgan fingerprint density at radius 1 is 0.708 bits per heavy atom. The predicted molar refractivity (Wildman–Crippen MR) is 166 cm³/mol. The average molecular weight is 657 g/mol. The molecule has 0 aromatic heterocycles. The van der Waals surface area contributed by atoms with Crippen LogP contribution in [0.4, 0.5) is 5.69 Å². The number of nitrogens with zero attached hydrogens (tertiary/aromatic N) is 6. The van der Waals surface area contributed by atoms with Crippen molar-refractivity contribution >= 4 is 47.2 Å². The van der Waals surface area contributed by atoms with Gasteiger partial charge in [-0.2, -0.15) is 0 Å². The van der Waals surface area contributed by atoms with Crippen LogP contribution in [0.5, 0.6) is 0 Å². The van der Waals surface area contributed by atoms with Crippen molar-refractivity contribution in [1.29, 1.82) is 0 Å². The molecule has 0 aliphatic carbocycles. The van der Waals surface area contributed by atoms with Crippen LogP contribution >= 0.6 is 0 Å². The zero-order valence-electron chi connectivity index (χ0n) is 26.0. The number of fused-ring (bicyclic) bond motifs is 2. The van der Waals surface area contributed by atoms with Crippen LogP contribution in [0.15, 0.2) is 53.6 Å². The first-order valence-corrected chi connectivity index (χ1v) is 15.3. The van der Waals surface area contributed by atoms with Gasteiger partial charge in [-0.3, -0.25) is 24.0 Å². The lowest BCUT2D eigenvalue weighted by atomic mass is 10.0. The normalized spacial score (nSPS) is 14.7. The summed E-state index contributed by atoms with van der Waals surface area (Å²) in [5.41, 5.74) is 11.4. The van der Waals surface area contributed by atoms with Crippen molar-refractivity contribution in [2.24, 2.45) is 5.11 Å². The molecular weight excluding hydrogens is 624 g/mol. The van der Waals surface area contributed by atoms with Crippen LogP contribution < -0.4 is 4.90 Å². The van der Waals surface area contributed by atoms with Gasteiger partial charge in [-0.25, -0.2) is 9.59 Å². The molecule has 15 heteroatoms. The van der Waals surface area contributed by atoms with Crippen molar-refractivity contribution < 1.29 is 43.2 Å². The third-order valence-electron chi connectivity index (χ3n) is 7.30. The molecule has 0 spiro atoms. The molecule has 2 aromatic rings. The van der Waals surface area contributed by atoms with Crippen LogP contribution in [0.25, 0.3) is 10.4 Å². The highest BCUT2D eigenvalue weighted by Crippen LogP contribution is 2.26. The maximum atomic E-state index is 13.1. The van der Waals surface area contributed by atoms with Gasteiger partial charge in [-0.15, -0.1) is 10.1 Å². The van der Waals surface area contributed by atoms with Crippen molar-refractivity contribution in [3.05, 3.63) is 75.7 Å². The van der Waals surface area contributed by atoms with Gasteiger partial charge in [-0.1, -0.05) is 47.3 Å². The van der Waals surface area contributed by atoms with E-state index in [0.717, 1.165) is 22.4 Å². The van der Waals surface area contributed by atoms with Crippen LogP contribution in [0.3, 0.4) is 0 Å². The van der Waals surface area contributed by atoms with Crippen molar-refractivity contribution in [3.8, 4) is 11.8 Å². The largest absolute Gasteiger partial charge is 0.333 e. The number of imide groups is 2. The smallest absolute Gasteiger partial charge is 0.330 e. The molecule has 5 amide bonds. The second-order valence-electron chi connectivity index (χ2n) is 10.8. The molecule has 2 saturated heterocycles. The Morgan fingerprint density at radius 2 is 1.21 bits per heavy atom. The Bertz CT molecular complexity index is 1690. The molecule has 3 aliphatic heterocycles. The predicted octanol–water partition coefficient (Wildman–Crippen LogP) is 3.78. The summed E-state index contributed by atoms with van der Waals surface area (Å²) in [6.45, 7) is 0.593. The summed E-state index contributed by atoms with van der Waals surface area (Å²) in [7, 11) is 0. The first-order chi connectivity index (χ1) is 23.2. The van der Waals surface area contributed by atoms with E-state index >= 15 is 0 Å². The lowest BCUT2D eigenvalue weighted by Crippen LogP contribution is -2.32. The SMILES string of the molecule is O=C(CCCCC(=O)N1Cc2ccccc2C#Cc2ccccc21)ON1C(=O)CCC1=O.[N-]=[N+]=NCCCC(=O)ON1C(=O)CCC1=O. The Kier molecular flexibility index (Phi) is 12.4. The molecule has 48 heavy (non-hydrogen) atoms. The number of hydroxylamine groups is 4. The Balaban J connectivity index is 0.000000274. The molecule has 3 heterocycles. The molecular formula is C33H32N6O9. The summed E-state index contributed by atoms with van der Waals surface area (Å²) in [5.74, 6) is 2.94. The third kappa shape index (κ3) is 9.51. The number of azide groups is 1. The van der Waals surface area contributed by atoms with E-state index in [0.29, 0.717) is 35.9 Å². The number of amides is 5. The number of para-hydroxylation sites is 1. The van der Waals surface area contributed by atoms with Gasteiger partial charge in [0, 0.05) is 67.5 Å². The molecule has 0 unspecified atom stereocenters. The second-order valence-corrected chi connectivity index (χ2v) is 10.8. The first-order valence-electron chi connectivity index (χ1n) is 15.3. The Morgan fingerprint density at radius 3 is 1.81 bits per heavy atom. The molecule has 2 fully saturated rings. The molecule has 2 aromatic carbocycles. The summed E-state index contributed by atoms with van der Waals surface area (Å²) in [5, 5.41) is 4.27. The molecule has 248 valence electrons. The van der Waals surface area contributed by atoms with Crippen LogP contribution in [-0.4, -0.2) is 58.1 Å². The van der Waals surface area contributed by atoms with Crippen molar-refractivity contribution in [2.75, 3.05) is 11.4 Å². The van der Waals surface area contributed by atoms with Gasteiger partial charge in [-0.05, 0) is 48.6 Å². The molecule has 15 nitrogen and oxygen atoms in total. The van der Waals surface area contributed by atoms with E-state index in [1.54, 1.807) is 4.90 Å². The molecule has 0 atom stereocenters. The van der Waals surface area contributed by atoms with E-state index in [1.165, 1.54) is 0 Å². The van der Waals surface area contributed by atoms with E-state index in [4.69, 9.17) is 10.4 Å². The van der Waals surface area contributed by atoms with Crippen molar-refractivity contribution in [2.45, 2.75) is 70.8 Å². The minimum Gasteiger partial charge on any atom is -0.330 e. The lowest BCUT2D eigenvalue weighted by Gasteiger charge is -2.26. The number of hydrogen-bond acceptors (Lipinski definition) is 10. The monoisotopic (exact) mass is 656 g/mol. The third-order valence-corrected chi connectivity index (χ3v) is 7.30. The average Bonchev–Trinajstić information content (AvgIpc) is 3.56. The molecule has 0 N–H and O–H groups in total. The zero-order chi connectivity index (χ0) is 34.5. The van der Waals surface area contributed by atoms with Gasteiger partial charge in [0.05, 0.1) is 12.2 Å². The fourth-order valence-electron chi connectivity index (χ4n) is 4.84. The Hall–Kier alpha value is -6.00. The molecule has 0 radical (unpaired) electrons. The quantitative estimate of drug-likeness (QED) is 0.0863. The fourth-order valence-corrected chi connectivity index (χ4v) is 4.84. The minimum atomic E-state index is -0.684. The maximum Gasteiger partial charge on any atom is 0.333 e. The molecule has 0 bridgehead atoms. The van der Waals surface area contributed by atoms with Crippen LogP contribution in [0.1, 0.15) is 80.9 Å². The van der Waals surface area contributed by atoms with E-state index in [-0.39, 0.29) is 57.4 Å². The lowest BCUT2D eigenvalue weighted by molar-refractivity contribution is -0.197. The number of carbonyl (C=O) groups excluding carboxylic acids is 7. The van der Waals surface area contributed by atoms with Crippen molar-refractivity contribution in [1.82, 2.24) is 10.1 Å². The second kappa shape index (κ2) is 17.1. The van der Waals surface area contributed by atoms with Crippen LogP contribution in [0.2, 0.25) is 0 Å². The van der Waals surface area contributed by atoms with Gasteiger partial charge in [0.1, 0.15) is 0 Å². The number of hydrogen-bond donors (Lipinski definition) is 0. The van der Waals surface area contributed by atoms with Gasteiger partial charge < -0.3 is 14.6 Å². The van der Waals surface area contributed by atoms with Gasteiger partial charge in [0.25, 0.3) is 23.6 Å². The number of unbranched alkanes of at least 4 members (excludes halogenated alkanes) is 1. The first kappa shape index (κ1) is 34.9. The highest BCUT2D eigenvalue weighted by Gasteiger charge is 2.33. The number of rotatable bonds is 11. The van der Waals surface area contributed by atoms with E-state index in [1.807, 2.05) is 48.5 Å². The number of anilines is 1.